The summed E-state index contributed by atoms with van der Waals surface area (Å²) in [5.74, 6) is -0.0856. The molecule has 0 aromatic rings. The quantitative estimate of drug-likeness (QED) is 0.527. The van der Waals surface area contributed by atoms with E-state index in [0.717, 1.165) is 0 Å². The predicted molar refractivity (Wildman–Crippen MR) is 35.3 cm³/mol. The number of aliphatic hydroxyl groups excluding tert-OH is 1. The molecule has 0 heterocycles. The molecule has 3 N–H and O–H groups in total. The maximum atomic E-state index is 10.4. The monoisotopic (exact) mass is 149 g/mol. The van der Waals surface area contributed by atoms with Crippen LogP contribution >= 0.6 is 12.4 Å². The number of halogens is 1. The van der Waals surface area contributed by atoms with Crippen LogP contribution in [0.15, 0.2) is 11.5 Å². The van der Waals surface area contributed by atoms with E-state index in [1.807, 2.05) is 0 Å². The molecule has 52 valence electrons. The van der Waals surface area contributed by atoms with Gasteiger partial charge in [0.2, 0.25) is 0 Å². The average molecular weight is 150 g/mol. The summed E-state index contributed by atoms with van der Waals surface area (Å²) in [5.41, 5.74) is 5.15. The minimum atomic E-state index is -0.137. The van der Waals surface area contributed by atoms with Crippen LogP contribution in [0.2, 0.25) is 0 Å². The summed E-state index contributed by atoms with van der Waals surface area (Å²) in [6.45, 7) is 0. The van der Waals surface area contributed by atoms with Crippen molar-refractivity contribution in [2.75, 3.05) is 0 Å². The molecule has 0 unspecified atom stereocenters. The van der Waals surface area contributed by atoms with Gasteiger partial charge in [0.05, 0.1) is 0 Å². The second-order valence-electron chi connectivity index (χ2n) is 1.78. The van der Waals surface area contributed by atoms with E-state index < -0.39 is 0 Å². The summed E-state index contributed by atoms with van der Waals surface area (Å²) in [6.07, 6.45) is 0.794. The van der Waals surface area contributed by atoms with E-state index in [0.29, 0.717) is 12.8 Å². The topological polar surface area (TPSA) is 63.3 Å². The van der Waals surface area contributed by atoms with E-state index >= 15 is 0 Å². The normalized spacial score (nSPS) is 18.0. The van der Waals surface area contributed by atoms with Crippen LogP contribution in [-0.2, 0) is 4.79 Å². The Hall–Kier alpha value is -0.700. The van der Waals surface area contributed by atoms with E-state index in [4.69, 9.17) is 10.8 Å². The summed E-state index contributed by atoms with van der Waals surface area (Å²) in [6, 6.07) is 0. The van der Waals surface area contributed by atoms with Crippen LogP contribution < -0.4 is 5.73 Å². The Morgan fingerprint density at radius 3 is 2.11 bits per heavy atom. The third kappa shape index (κ3) is 1.36. The largest absolute Gasteiger partial charge is 0.510 e. The molecular formula is C5H8ClNO2. The first-order valence-electron chi connectivity index (χ1n) is 2.42. The zero-order valence-corrected chi connectivity index (χ0v) is 5.57. The zero-order valence-electron chi connectivity index (χ0n) is 4.76. The molecule has 3 nitrogen and oxygen atoms in total. The Labute approximate surface area is 59.0 Å². The number of hydrogen-bond acceptors (Lipinski definition) is 3. The summed E-state index contributed by atoms with van der Waals surface area (Å²) >= 11 is 0. The molecule has 0 fully saturated rings. The van der Waals surface area contributed by atoms with Crippen LogP contribution in [0.3, 0.4) is 0 Å². The number of carbonyl (C=O) groups excluding carboxylic acids is 1. The highest BCUT2D eigenvalue weighted by Gasteiger charge is 2.18. The predicted octanol–water partition coefficient (Wildman–Crippen LogP) is 0.499. The van der Waals surface area contributed by atoms with Crippen LogP contribution in [0.5, 0.6) is 0 Å². The second-order valence-corrected chi connectivity index (χ2v) is 1.78. The van der Waals surface area contributed by atoms with Crippen molar-refractivity contribution < 1.29 is 9.90 Å². The molecule has 9 heavy (non-hydrogen) atoms. The van der Waals surface area contributed by atoms with Gasteiger partial charge < -0.3 is 10.8 Å². The third-order valence-corrected chi connectivity index (χ3v) is 1.20. The molecule has 0 aromatic heterocycles. The van der Waals surface area contributed by atoms with E-state index in [-0.39, 0.29) is 29.6 Å². The highest BCUT2D eigenvalue weighted by Crippen LogP contribution is 2.15. The van der Waals surface area contributed by atoms with Gasteiger partial charge in [-0.25, -0.2) is 0 Å². The summed E-state index contributed by atoms with van der Waals surface area (Å²) in [7, 11) is 0. The van der Waals surface area contributed by atoms with Crippen LogP contribution in [0, 0.1) is 0 Å². The minimum absolute atomic E-state index is 0. The first-order chi connectivity index (χ1) is 3.72. The number of rotatable bonds is 0. The van der Waals surface area contributed by atoms with Gasteiger partial charge in [0.15, 0.2) is 5.78 Å². The standard InChI is InChI=1S/C5H7NO2.ClH/c6-5-3(7)1-2-4(5)8;/h7H,1-2,6H2;1H. The van der Waals surface area contributed by atoms with Gasteiger partial charge in [0.1, 0.15) is 11.5 Å². The highest BCUT2D eigenvalue weighted by molar-refractivity contribution is 5.97. The molecule has 0 radical (unpaired) electrons. The van der Waals surface area contributed by atoms with Crippen LogP contribution in [0.1, 0.15) is 12.8 Å². The van der Waals surface area contributed by atoms with E-state index in [1.165, 1.54) is 0 Å². The average Bonchev–Trinajstić information content (AvgIpc) is 1.98. The van der Waals surface area contributed by atoms with Gasteiger partial charge in [-0.1, -0.05) is 0 Å². The zero-order chi connectivity index (χ0) is 6.15. The number of nitrogens with two attached hydrogens (primary N) is 1. The van der Waals surface area contributed by atoms with Gasteiger partial charge in [-0.3, -0.25) is 4.79 Å². The van der Waals surface area contributed by atoms with Crippen molar-refractivity contribution in [2.45, 2.75) is 12.8 Å². The van der Waals surface area contributed by atoms with Crippen molar-refractivity contribution in [3.63, 3.8) is 0 Å². The fourth-order valence-corrected chi connectivity index (χ4v) is 0.662. The number of hydrogen-bond donors (Lipinski definition) is 2. The molecule has 1 rings (SSSR count). The molecule has 0 bridgehead atoms. The maximum Gasteiger partial charge on any atom is 0.182 e. The lowest BCUT2D eigenvalue weighted by atomic mass is 10.3. The number of allylic oxidation sites excluding steroid dienone is 2. The van der Waals surface area contributed by atoms with Crippen molar-refractivity contribution in [2.24, 2.45) is 5.73 Å². The Morgan fingerprint density at radius 1 is 1.44 bits per heavy atom. The molecule has 0 spiro atoms. The van der Waals surface area contributed by atoms with Gasteiger partial charge in [-0.05, 0) is 0 Å². The molecule has 0 saturated carbocycles. The van der Waals surface area contributed by atoms with Gasteiger partial charge in [-0.2, -0.15) is 0 Å². The fraction of sp³-hybridized carbons (Fsp3) is 0.400. The molecule has 0 aliphatic heterocycles. The fourth-order valence-electron chi connectivity index (χ4n) is 0.662. The molecule has 0 saturated heterocycles. The van der Waals surface area contributed by atoms with Crippen molar-refractivity contribution in [1.29, 1.82) is 0 Å². The van der Waals surface area contributed by atoms with Gasteiger partial charge in [-0.15, -0.1) is 12.4 Å². The highest BCUT2D eigenvalue weighted by atomic mass is 35.5. The lowest BCUT2D eigenvalue weighted by Gasteiger charge is -1.86. The molecule has 1 aliphatic rings. The Morgan fingerprint density at radius 2 is 2.00 bits per heavy atom. The molecule has 1 aliphatic carbocycles. The molecule has 0 amide bonds. The van der Waals surface area contributed by atoms with Gasteiger partial charge >= 0.3 is 0 Å². The van der Waals surface area contributed by atoms with Crippen molar-refractivity contribution in [3.05, 3.63) is 11.5 Å². The minimum Gasteiger partial charge on any atom is -0.510 e. The first-order valence-corrected chi connectivity index (χ1v) is 2.42. The van der Waals surface area contributed by atoms with Gasteiger partial charge in [0.25, 0.3) is 0 Å². The lowest BCUT2D eigenvalue weighted by molar-refractivity contribution is -0.114. The van der Waals surface area contributed by atoms with Crippen molar-refractivity contribution in [1.82, 2.24) is 0 Å². The number of Topliss-reactive ketones (excluding diaryl/α,β-unsaturated/α-hetero) is 1. The van der Waals surface area contributed by atoms with Crippen LogP contribution in [0.25, 0.3) is 0 Å². The molecule has 4 heteroatoms. The van der Waals surface area contributed by atoms with E-state index in [1.54, 1.807) is 0 Å². The SMILES string of the molecule is Cl.NC1=C(O)CCC1=O. The Bertz CT molecular complexity index is 164. The summed E-state index contributed by atoms with van der Waals surface area (Å²) in [4.78, 5) is 10.4. The van der Waals surface area contributed by atoms with Crippen molar-refractivity contribution in [3.8, 4) is 0 Å². The smallest absolute Gasteiger partial charge is 0.182 e. The first kappa shape index (κ1) is 8.30. The molecular weight excluding hydrogens is 142 g/mol. The number of carbonyl (C=O) groups is 1. The molecule has 0 aromatic carbocycles. The summed E-state index contributed by atoms with van der Waals surface area (Å²) < 4.78 is 0. The Balaban J connectivity index is 0.000000640. The third-order valence-electron chi connectivity index (χ3n) is 1.20. The number of aliphatic hydroxyl groups is 1. The van der Waals surface area contributed by atoms with Gasteiger partial charge in [0, 0.05) is 12.8 Å². The summed E-state index contributed by atoms with van der Waals surface area (Å²) in [5, 5.41) is 8.70. The number of ketones is 1. The molecule has 0 atom stereocenters. The van der Waals surface area contributed by atoms with E-state index in [9.17, 15) is 4.79 Å². The Kier molecular flexibility index (Phi) is 2.52. The second kappa shape index (κ2) is 2.73. The van der Waals surface area contributed by atoms with E-state index in [2.05, 4.69) is 0 Å². The van der Waals surface area contributed by atoms with Crippen LogP contribution in [-0.4, -0.2) is 10.9 Å². The van der Waals surface area contributed by atoms with Crippen LogP contribution in [0.4, 0.5) is 0 Å². The lowest BCUT2D eigenvalue weighted by Crippen LogP contribution is -2.06. The maximum absolute atomic E-state index is 10.4. The van der Waals surface area contributed by atoms with Crippen molar-refractivity contribution >= 4 is 18.2 Å².